The second-order valence-corrected chi connectivity index (χ2v) is 3.81. The quantitative estimate of drug-likeness (QED) is 0.782. The van der Waals surface area contributed by atoms with Gasteiger partial charge in [-0.2, -0.15) is 0 Å². The zero-order chi connectivity index (χ0) is 11.6. The molecule has 1 rings (SSSR count). The first-order chi connectivity index (χ1) is 6.93. The van der Waals surface area contributed by atoms with Gasteiger partial charge in [0.1, 0.15) is 16.9 Å². The van der Waals surface area contributed by atoms with Crippen molar-refractivity contribution in [1.82, 2.24) is 0 Å². The van der Waals surface area contributed by atoms with Gasteiger partial charge in [-0.1, -0.05) is 6.07 Å². The van der Waals surface area contributed by atoms with Crippen molar-refractivity contribution in [3.63, 3.8) is 0 Å². The van der Waals surface area contributed by atoms with E-state index in [1.807, 2.05) is 0 Å². The van der Waals surface area contributed by atoms with Gasteiger partial charge < -0.3 is 5.32 Å². The number of aryl methyl sites for hydroxylation is 1. The summed E-state index contributed by atoms with van der Waals surface area (Å²) in [5.41, 5.74) is -0.193. The summed E-state index contributed by atoms with van der Waals surface area (Å²) in [6.07, 6.45) is 0. The average molecular weight is 234 g/mol. The fourth-order valence-corrected chi connectivity index (χ4v) is 1.05. The summed E-state index contributed by atoms with van der Waals surface area (Å²) >= 11 is 5.47. The SMILES string of the molecule is Cc1ccc(F)c(NC(=O)C(C)Cl)c1F. The van der Waals surface area contributed by atoms with E-state index >= 15 is 0 Å². The third-order valence-electron chi connectivity index (χ3n) is 1.89. The third kappa shape index (κ3) is 2.65. The van der Waals surface area contributed by atoms with E-state index in [2.05, 4.69) is 5.32 Å². The van der Waals surface area contributed by atoms with Gasteiger partial charge in [0.2, 0.25) is 5.91 Å². The van der Waals surface area contributed by atoms with E-state index in [1.165, 1.54) is 19.9 Å². The monoisotopic (exact) mass is 233 g/mol. The molecule has 15 heavy (non-hydrogen) atoms. The highest BCUT2D eigenvalue weighted by atomic mass is 35.5. The molecule has 1 atom stereocenters. The maximum absolute atomic E-state index is 13.4. The molecular weight excluding hydrogens is 224 g/mol. The summed E-state index contributed by atoms with van der Waals surface area (Å²) in [6, 6.07) is 2.39. The van der Waals surface area contributed by atoms with Gasteiger partial charge in [-0.15, -0.1) is 11.6 Å². The second kappa shape index (κ2) is 4.57. The van der Waals surface area contributed by atoms with Crippen LogP contribution in [0.15, 0.2) is 12.1 Å². The van der Waals surface area contributed by atoms with Crippen LogP contribution in [0.5, 0.6) is 0 Å². The summed E-state index contributed by atoms with van der Waals surface area (Å²) in [4.78, 5) is 11.2. The van der Waals surface area contributed by atoms with Crippen LogP contribution in [-0.4, -0.2) is 11.3 Å². The molecule has 1 aromatic carbocycles. The first kappa shape index (κ1) is 11.9. The summed E-state index contributed by atoms with van der Waals surface area (Å²) in [5, 5.41) is 1.25. The molecule has 1 N–H and O–H groups in total. The maximum atomic E-state index is 13.4. The Morgan fingerprint density at radius 3 is 2.60 bits per heavy atom. The standard InChI is InChI=1S/C10H10ClF2NO/c1-5-3-4-7(12)9(8(5)13)14-10(15)6(2)11/h3-4,6H,1-2H3,(H,14,15). The molecule has 1 amide bonds. The Morgan fingerprint density at radius 1 is 1.47 bits per heavy atom. The van der Waals surface area contributed by atoms with Crippen LogP contribution in [0.3, 0.4) is 0 Å². The van der Waals surface area contributed by atoms with Crippen molar-refractivity contribution in [2.45, 2.75) is 19.2 Å². The number of halogens is 3. The number of alkyl halides is 1. The molecule has 1 aromatic rings. The number of carbonyl (C=O) groups is 1. The molecule has 2 nitrogen and oxygen atoms in total. The molecule has 0 saturated heterocycles. The molecule has 0 heterocycles. The minimum absolute atomic E-state index is 0.258. The molecule has 0 aliphatic heterocycles. The molecular formula is C10H10ClF2NO. The number of nitrogens with one attached hydrogen (secondary N) is 1. The molecule has 1 unspecified atom stereocenters. The molecule has 0 aliphatic rings. The van der Waals surface area contributed by atoms with Crippen LogP contribution < -0.4 is 5.32 Å². The smallest absolute Gasteiger partial charge is 0.242 e. The minimum atomic E-state index is -0.843. The number of hydrogen-bond acceptors (Lipinski definition) is 1. The Bertz CT molecular complexity index is 393. The lowest BCUT2D eigenvalue weighted by Crippen LogP contribution is -2.22. The Hall–Kier alpha value is -1.16. The average Bonchev–Trinajstić information content (AvgIpc) is 2.18. The number of hydrogen-bond donors (Lipinski definition) is 1. The van der Waals surface area contributed by atoms with Crippen LogP contribution in [0, 0.1) is 18.6 Å². The van der Waals surface area contributed by atoms with Crippen molar-refractivity contribution in [2.24, 2.45) is 0 Å². The van der Waals surface area contributed by atoms with Crippen molar-refractivity contribution in [2.75, 3.05) is 5.32 Å². The molecule has 0 saturated carbocycles. The van der Waals surface area contributed by atoms with Crippen molar-refractivity contribution < 1.29 is 13.6 Å². The van der Waals surface area contributed by atoms with Gasteiger partial charge in [0.05, 0.1) is 0 Å². The fraction of sp³-hybridized carbons (Fsp3) is 0.300. The Balaban J connectivity index is 3.04. The second-order valence-electron chi connectivity index (χ2n) is 3.16. The lowest BCUT2D eigenvalue weighted by Gasteiger charge is -2.09. The van der Waals surface area contributed by atoms with Gasteiger partial charge in [0.15, 0.2) is 5.82 Å². The number of amides is 1. The summed E-state index contributed by atoms with van der Waals surface area (Å²) in [5.74, 6) is -2.23. The van der Waals surface area contributed by atoms with Gasteiger partial charge in [0, 0.05) is 0 Å². The molecule has 0 spiro atoms. The Kier molecular flexibility index (Phi) is 3.63. The highest BCUT2D eigenvalue weighted by Gasteiger charge is 2.16. The summed E-state index contributed by atoms with van der Waals surface area (Å²) in [6.45, 7) is 2.90. The van der Waals surface area contributed by atoms with Gasteiger partial charge >= 0.3 is 0 Å². The van der Waals surface area contributed by atoms with Gasteiger partial charge in [-0.05, 0) is 25.5 Å². The van der Waals surface area contributed by atoms with Crippen LogP contribution >= 0.6 is 11.6 Å². The molecule has 0 aromatic heterocycles. The highest BCUT2D eigenvalue weighted by molar-refractivity contribution is 6.32. The summed E-state index contributed by atoms with van der Waals surface area (Å²) in [7, 11) is 0. The van der Waals surface area contributed by atoms with Crippen molar-refractivity contribution in [3.8, 4) is 0 Å². The van der Waals surface area contributed by atoms with Gasteiger partial charge in [-0.25, -0.2) is 8.78 Å². The zero-order valence-electron chi connectivity index (χ0n) is 8.27. The predicted octanol–water partition coefficient (Wildman–Crippen LogP) is 2.84. The molecule has 0 fully saturated rings. The van der Waals surface area contributed by atoms with E-state index in [1.54, 1.807) is 0 Å². The van der Waals surface area contributed by atoms with Crippen molar-refractivity contribution in [1.29, 1.82) is 0 Å². The van der Waals surface area contributed by atoms with E-state index in [-0.39, 0.29) is 5.56 Å². The van der Waals surface area contributed by atoms with Crippen LogP contribution in [0.1, 0.15) is 12.5 Å². The minimum Gasteiger partial charge on any atom is -0.320 e. The third-order valence-corrected chi connectivity index (χ3v) is 2.09. The van der Waals surface area contributed by atoms with E-state index in [4.69, 9.17) is 11.6 Å². The fourth-order valence-electron chi connectivity index (χ4n) is 0.994. The topological polar surface area (TPSA) is 29.1 Å². The lowest BCUT2D eigenvalue weighted by atomic mass is 10.2. The largest absolute Gasteiger partial charge is 0.320 e. The highest BCUT2D eigenvalue weighted by Crippen LogP contribution is 2.21. The normalized spacial score (nSPS) is 12.3. The Labute approximate surface area is 91.2 Å². The molecule has 0 bridgehead atoms. The molecule has 5 heteroatoms. The van der Waals surface area contributed by atoms with Crippen LogP contribution in [-0.2, 0) is 4.79 Å². The van der Waals surface area contributed by atoms with Crippen molar-refractivity contribution in [3.05, 3.63) is 29.3 Å². The number of anilines is 1. The maximum Gasteiger partial charge on any atom is 0.242 e. The van der Waals surface area contributed by atoms with E-state index in [0.717, 1.165) is 6.07 Å². The van der Waals surface area contributed by atoms with E-state index in [0.29, 0.717) is 0 Å². The molecule has 82 valence electrons. The number of benzene rings is 1. The van der Waals surface area contributed by atoms with Crippen LogP contribution in [0.2, 0.25) is 0 Å². The zero-order valence-corrected chi connectivity index (χ0v) is 9.03. The molecule has 0 aliphatic carbocycles. The first-order valence-corrected chi connectivity index (χ1v) is 4.76. The summed E-state index contributed by atoms with van der Waals surface area (Å²) < 4.78 is 26.5. The van der Waals surface area contributed by atoms with Crippen LogP contribution in [0.4, 0.5) is 14.5 Å². The Morgan fingerprint density at radius 2 is 2.07 bits per heavy atom. The molecule has 0 radical (unpaired) electrons. The number of rotatable bonds is 2. The van der Waals surface area contributed by atoms with Gasteiger partial charge in [-0.3, -0.25) is 4.79 Å². The van der Waals surface area contributed by atoms with Crippen LogP contribution in [0.25, 0.3) is 0 Å². The van der Waals surface area contributed by atoms with E-state index < -0.39 is 28.6 Å². The predicted molar refractivity (Wildman–Crippen MR) is 55.0 cm³/mol. The van der Waals surface area contributed by atoms with Crippen molar-refractivity contribution >= 4 is 23.2 Å². The van der Waals surface area contributed by atoms with E-state index in [9.17, 15) is 13.6 Å². The van der Waals surface area contributed by atoms with Gasteiger partial charge in [0.25, 0.3) is 0 Å². The first-order valence-electron chi connectivity index (χ1n) is 4.33. The number of carbonyl (C=O) groups excluding carboxylic acids is 1. The lowest BCUT2D eigenvalue weighted by molar-refractivity contribution is -0.115.